The Morgan fingerprint density at radius 2 is 1.76 bits per heavy atom. The zero-order valence-electron chi connectivity index (χ0n) is 19.5. The highest BCUT2D eigenvalue weighted by Crippen LogP contribution is 2.27. The number of nitrogens with zero attached hydrogens (tertiary/aromatic N) is 4. The van der Waals surface area contributed by atoms with Gasteiger partial charge in [0, 0.05) is 18.8 Å². The van der Waals surface area contributed by atoms with Crippen molar-refractivity contribution in [2.45, 2.75) is 25.9 Å². The number of hydrogen-bond acceptors (Lipinski definition) is 7. The van der Waals surface area contributed by atoms with E-state index in [0.717, 1.165) is 22.4 Å². The van der Waals surface area contributed by atoms with Crippen molar-refractivity contribution in [1.82, 2.24) is 20.1 Å². The number of aryl methyl sites for hydroxylation is 2. The normalized spacial score (nSPS) is 13.6. The Labute approximate surface area is 202 Å². The highest BCUT2D eigenvalue weighted by molar-refractivity contribution is 7.99. The Morgan fingerprint density at radius 1 is 1.03 bits per heavy atom. The van der Waals surface area contributed by atoms with Gasteiger partial charge in [0.2, 0.25) is 11.9 Å². The van der Waals surface area contributed by atoms with E-state index in [1.165, 1.54) is 11.8 Å². The molecule has 9 nitrogen and oxygen atoms in total. The third-order valence-electron chi connectivity index (χ3n) is 5.64. The van der Waals surface area contributed by atoms with Crippen molar-refractivity contribution >= 4 is 35.3 Å². The number of thioether (sulfide) groups is 1. The van der Waals surface area contributed by atoms with E-state index < -0.39 is 11.9 Å². The fourth-order valence-corrected chi connectivity index (χ4v) is 4.32. The van der Waals surface area contributed by atoms with Crippen LogP contribution in [0.25, 0.3) is 5.69 Å². The van der Waals surface area contributed by atoms with Gasteiger partial charge in [0.15, 0.2) is 5.16 Å². The lowest BCUT2D eigenvalue weighted by Crippen LogP contribution is -2.38. The van der Waals surface area contributed by atoms with E-state index in [0.29, 0.717) is 43.1 Å². The van der Waals surface area contributed by atoms with Gasteiger partial charge >= 0.3 is 6.03 Å². The second-order valence-electron chi connectivity index (χ2n) is 8.09. The van der Waals surface area contributed by atoms with Gasteiger partial charge in [-0.05, 0) is 50.1 Å². The first-order valence-corrected chi connectivity index (χ1v) is 12.1. The van der Waals surface area contributed by atoms with E-state index in [4.69, 9.17) is 4.74 Å². The molecule has 0 bridgehead atoms. The van der Waals surface area contributed by atoms with Crippen LogP contribution < -0.4 is 15.5 Å². The highest BCUT2D eigenvalue weighted by Gasteiger charge is 2.22. The fraction of sp³-hybridized carbons (Fsp3) is 0.333. The summed E-state index contributed by atoms with van der Waals surface area (Å²) >= 11 is 1.23. The molecule has 1 aromatic heterocycles. The van der Waals surface area contributed by atoms with Crippen molar-refractivity contribution in [2.24, 2.45) is 0 Å². The SMILES string of the molecule is Cc1ccc(-n2c(SCC(=O)NC(=O)Nc3cccc(C)c3C)nnc2N2CCOCC2)cc1. The van der Waals surface area contributed by atoms with Gasteiger partial charge in [0.05, 0.1) is 24.7 Å². The Bertz CT molecular complexity index is 1170. The minimum Gasteiger partial charge on any atom is -0.378 e. The maximum atomic E-state index is 12.5. The molecule has 1 fully saturated rings. The number of amides is 3. The summed E-state index contributed by atoms with van der Waals surface area (Å²) < 4.78 is 7.41. The summed E-state index contributed by atoms with van der Waals surface area (Å²) in [5, 5.41) is 14.5. The summed E-state index contributed by atoms with van der Waals surface area (Å²) in [5.41, 5.74) is 4.75. The van der Waals surface area contributed by atoms with Gasteiger partial charge < -0.3 is 15.0 Å². The average Bonchev–Trinajstić information content (AvgIpc) is 3.26. The predicted molar refractivity (Wildman–Crippen MR) is 133 cm³/mol. The van der Waals surface area contributed by atoms with E-state index in [9.17, 15) is 9.59 Å². The summed E-state index contributed by atoms with van der Waals surface area (Å²) in [6.45, 7) is 8.61. The summed E-state index contributed by atoms with van der Waals surface area (Å²) in [6.07, 6.45) is 0. The number of hydrogen-bond donors (Lipinski definition) is 2. The maximum Gasteiger partial charge on any atom is 0.325 e. The van der Waals surface area contributed by atoms with E-state index in [1.807, 2.05) is 61.7 Å². The van der Waals surface area contributed by atoms with Crippen LogP contribution in [0.15, 0.2) is 47.6 Å². The lowest BCUT2D eigenvalue weighted by Gasteiger charge is -2.27. The van der Waals surface area contributed by atoms with Crippen molar-refractivity contribution in [3.05, 3.63) is 59.2 Å². The van der Waals surface area contributed by atoms with Gasteiger partial charge in [-0.3, -0.25) is 14.7 Å². The first-order chi connectivity index (χ1) is 16.4. The van der Waals surface area contributed by atoms with E-state index >= 15 is 0 Å². The highest BCUT2D eigenvalue weighted by atomic mass is 32.2. The van der Waals surface area contributed by atoms with Gasteiger partial charge in [-0.15, -0.1) is 10.2 Å². The van der Waals surface area contributed by atoms with Crippen LogP contribution in [0.4, 0.5) is 16.4 Å². The van der Waals surface area contributed by atoms with Crippen molar-refractivity contribution in [3.8, 4) is 5.69 Å². The standard InChI is InChI=1S/C24H28N6O3S/c1-16-7-9-19(10-8-16)30-23(29-11-13-33-14-12-29)27-28-24(30)34-15-21(31)26-22(32)25-20-6-4-5-17(2)18(20)3/h4-10H,11-15H2,1-3H3,(H2,25,26,31,32). The molecule has 2 heterocycles. The maximum absolute atomic E-state index is 12.5. The quantitative estimate of drug-likeness (QED) is 0.521. The number of aromatic nitrogens is 3. The average molecular weight is 481 g/mol. The number of carbonyl (C=O) groups excluding carboxylic acids is 2. The number of morpholine rings is 1. The minimum absolute atomic E-state index is 0.0212. The van der Waals surface area contributed by atoms with E-state index in [1.54, 1.807) is 6.07 Å². The van der Waals surface area contributed by atoms with E-state index in [2.05, 4.69) is 25.7 Å². The minimum atomic E-state index is -0.562. The molecule has 2 N–H and O–H groups in total. The molecule has 4 rings (SSSR count). The molecule has 1 aliphatic heterocycles. The summed E-state index contributed by atoms with van der Waals surface area (Å²) in [5.74, 6) is 0.315. The van der Waals surface area contributed by atoms with Crippen molar-refractivity contribution in [1.29, 1.82) is 0 Å². The number of anilines is 2. The molecule has 0 radical (unpaired) electrons. The van der Waals surface area contributed by atoms with Crippen LogP contribution in [0, 0.1) is 20.8 Å². The molecule has 3 aromatic rings. The molecule has 0 unspecified atom stereocenters. The molecule has 3 amide bonds. The number of urea groups is 1. The first kappa shape index (κ1) is 23.8. The zero-order valence-corrected chi connectivity index (χ0v) is 20.3. The lowest BCUT2D eigenvalue weighted by molar-refractivity contribution is -0.117. The number of benzene rings is 2. The second-order valence-corrected chi connectivity index (χ2v) is 9.03. The Hall–Kier alpha value is -3.37. The number of imide groups is 1. The number of carbonyl (C=O) groups is 2. The molecular weight excluding hydrogens is 452 g/mol. The molecule has 1 saturated heterocycles. The third kappa shape index (κ3) is 5.57. The molecule has 0 atom stereocenters. The van der Waals surface area contributed by atoms with Crippen LogP contribution in [0.5, 0.6) is 0 Å². The van der Waals surface area contributed by atoms with Crippen LogP contribution >= 0.6 is 11.8 Å². The second kappa shape index (κ2) is 10.7. The predicted octanol–water partition coefficient (Wildman–Crippen LogP) is 3.47. The van der Waals surface area contributed by atoms with Crippen LogP contribution in [-0.2, 0) is 9.53 Å². The molecule has 10 heteroatoms. The van der Waals surface area contributed by atoms with Crippen LogP contribution in [0.2, 0.25) is 0 Å². The molecule has 178 valence electrons. The van der Waals surface area contributed by atoms with Gasteiger partial charge in [0.1, 0.15) is 0 Å². The summed E-state index contributed by atoms with van der Waals surface area (Å²) in [6, 6.07) is 13.1. The van der Waals surface area contributed by atoms with Crippen LogP contribution in [0.1, 0.15) is 16.7 Å². The van der Waals surface area contributed by atoms with Gasteiger partial charge in [0.25, 0.3) is 0 Å². The van der Waals surface area contributed by atoms with Gasteiger partial charge in [-0.1, -0.05) is 41.6 Å². The third-order valence-corrected chi connectivity index (χ3v) is 6.57. The Morgan fingerprint density at radius 3 is 2.50 bits per heavy atom. The Balaban J connectivity index is 1.45. The van der Waals surface area contributed by atoms with Crippen LogP contribution in [-0.4, -0.2) is 58.8 Å². The van der Waals surface area contributed by atoms with Gasteiger partial charge in [-0.2, -0.15) is 0 Å². The monoisotopic (exact) mass is 480 g/mol. The zero-order chi connectivity index (χ0) is 24.1. The number of ether oxygens (including phenoxy) is 1. The van der Waals surface area contributed by atoms with Crippen molar-refractivity contribution in [2.75, 3.05) is 42.3 Å². The topological polar surface area (TPSA) is 101 Å². The van der Waals surface area contributed by atoms with E-state index in [-0.39, 0.29) is 5.75 Å². The molecule has 34 heavy (non-hydrogen) atoms. The molecule has 2 aromatic carbocycles. The number of nitrogens with one attached hydrogen (secondary N) is 2. The molecule has 0 aliphatic carbocycles. The first-order valence-electron chi connectivity index (χ1n) is 11.1. The lowest BCUT2D eigenvalue weighted by atomic mass is 10.1. The van der Waals surface area contributed by atoms with Crippen molar-refractivity contribution < 1.29 is 14.3 Å². The Kier molecular flexibility index (Phi) is 7.49. The molecule has 1 aliphatic rings. The molecule has 0 saturated carbocycles. The fourth-order valence-electron chi connectivity index (χ4n) is 3.58. The van der Waals surface area contributed by atoms with Crippen LogP contribution in [0.3, 0.4) is 0 Å². The van der Waals surface area contributed by atoms with Gasteiger partial charge in [-0.25, -0.2) is 4.79 Å². The molecular formula is C24H28N6O3S. The largest absolute Gasteiger partial charge is 0.378 e. The van der Waals surface area contributed by atoms with Crippen molar-refractivity contribution in [3.63, 3.8) is 0 Å². The smallest absolute Gasteiger partial charge is 0.325 e. The summed E-state index contributed by atoms with van der Waals surface area (Å²) in [7, 11) is 0. The molecule has 0 spiro atoms. The summed E-state index contributed by atoms with van der Waals surface area (Å²) in [4.78, 5) is 26.9. The number of rotatable bonds is 6.